The van der Waals surface area contributed by atoms with Crippen LogP contribution in [0.25, 0.3) is 21.3 Å². The molecule has 0 bridgehead atoms. The molecule has 0 unspecified atom stereocenters. The number of thiazole rings is 1. The normalized spacial score (nSPS) is 14.9. The lowest BCUT2D eigenvalue weighted by molar-refractivity contribution is -0.157. The number of fused-ring (bicyclic) bond motifs is 1. The summed E-state index contributed by atoms with van der Waals surface area (Å²) >= 11 is 1.25. The van der Waals surface area contributed by atoms with Crippen molar-refractivity contribution >= 4 is 50.9 Å². The molecule has 0 aliphatic carbocycles. The van der Waals surface area contributed by atoms with E-state index in [1.165, 1.54) is 11.3 Å². The molecule has 2 aromatic heterocycles. The van der Waals surface area contributed by atoms with Gasteiger partial charge in [-0.15, -0.1) is 0 Å². The highest BCUT2D eigenvalue weighted by Gasteiger charge is 2.41. The number of anilines is 2. The number of benzene rings is 1. The monoisotopic (exact) mass is 510 g/mol. The maximum atomic E-state index is 12.5. The highest BCUT2D eigenvalue weighted by atomic mass is 32.1. The smallest absolute Gasteiger partial charge is 0.321 e. The van der Waals surface area contributed by atoms with E-state index in [0.29, 0.717) is 65.9 Å². The van der Waals surface area contributed by atoms with E-state index in [2.05, 4.69) is 30.5 Å². The van der Waals surface area contributed by atoms with E-state index in [0.717, 1.165) is 23.8 Å². The van der Waals surface area contributed by atoms with Gasteiger partial charge < -0.3 is 15.0 Å². The highest BCUT2D eigenvalue weighted by molar-refractivity contribution is 7.22. The fraction of sp³-hybridized carbons (Fsp3) is 0.440. The van der Waals surface area contributed by atoms with Crippen molar-refractivity contribution in [3.8, 4) is 11.1 Å². The molecule has 0 spiro atoms. The minimum atomic E-state index is -0.439. The molecule has 1 aliphatic heterocycles. The molecule has 0 saturated carbocycles. The van der Waals surface area contributed by atoms with Crippen LogP contribution in [0.2, 0.25) is 0 Å². The van der Waals surface area contributed by atoms with E-state index >= 15 is 0 Å². The average molecular weight is 511 g/mol. The maximum absolute atomic E-state index is 12.5. The van der Waals surface area contributed by atoms with Gasteiger partial charge >= 0.3 is 12.0 Å². The van der Waals surface area contributed by atoms with Crippen LogP contribution in [0.15, 0.2) is 24.5 Å². The molecule has 10 nitrogen and oxygen atoms in total. The highest BCUT2D eigenvalue weighted by Crippen LogP contribution is 2.37. The Morgan fingerprint density at radius 2 is 1.86 bits per heavy atom. The molecule has 2 N–H and O–H groups in total. The van der Waals surface area contributed by atoms with Crippen molar-refractivity contribution in [2.24, 2.45) is 5.41 Å². The lowest BCUT2D eigenvalue weighted by Gasteiger charge is -2.39. The molecule has 0 radical (unpaired) electrons. The fourth-order valence-electron chi connectivity index (χ4n) is 4.42. The molecule has 11 heteroatoms. The van der Waals surface area contributed by atoms with Gasteiger partial charge in [0.25, 0.3) is 0 Å². The van der Waals surface area contributed by atoms with Gasteiger partial charge in [0.05, 0.1) is 22.2 Å². The van der Waals surface area contributed by atoms with Gasteiger partial charge in [-0.2, -0.15) is 0 Å². The number of piperidine rings is 1. The summed E-state index contributed by atoms with van der Waals surface area (Å²) in [5.41, 5.74) is 2.17. The summed E-state index contributed by atoms with van der Waals surface area (Å²) in [6, 6.07) is 3.29. The summed E-state index contributed by atoms with van der Waals surface area (Å²) < 4.78 is 6.02. The molecule has 1 fully saturated rings. The topological polar surface area (TPSA) is 126 Å². The van der Waals surface area contributed by atoms with Gasteiger partial charge in [0.15, 0.2) is 11.4 Å². The molecule has 3 aromatic rings. The summed E-state index contributed by atoms with van der Waals surface area (Å²) in [4.78, 5) is 51.8. The number of nitrogens with zero attached hydrogens (tertiary/aromatic N) is 4. The first-order chi connectivity index (χ1) is 17.4. The predicted molar refractivity (Wildman–Crippen MR) is 140 cm³/mol. The minimum Gasteiger partial charge on any atom is -0.466 e. The number of aldehydes is 1. The summed E-state index contributed by atoms with van der Waals surface area (Å²) in [5.74, 6) is 0.488. The number of carbonyl (C=O) groups is 3. The summed E-state index contributed by atoms with van der Waals surface area (Å²) in [6.45, 7) is 7.93. The van der Waals surface area contributed by atoms with Crippen LogP contribution in [0.5, 0.6) is 0 Å². The van der Waals surface area contributed by atoms with Crippen molar-refractivity contribution in [2.45, 2.75) is 40.0 Å². The molecular weight excluding hydrogens is 480 g/mol. The number of urea groups is 1. The standard InChI is InChI=1S/C25H30N6O4S/c1-4-25(21(33)35-6-3)7-9-31(10-8-25)22-27-13-18(14-28-22)16-11-17(15-32)20-19(12-16)29-24(36-20)30-23(34)26-5-2/h11-15H,4-10H2,1-3H3,(H2,26,29,30,34). The van der Waals surface area contributed by atoms with E-state index in [9.17, 15) is 14.4 Å². The number of amides is 2. The number of esters is 1. The molecule has 2 amide bonds. The number of hydrogen-bond donors (Lipinski definition) is 2. The van der Waals surface area contributed by atoms with Crippen LogP contribution < -0.4 is 15.5 Å². The van der Waals surface area contributed by atoms with Crippen molar-refractivity contribution in [2.75, 3.05) is 36.5 Å². The van der Waals surface area contributed by atoms with Gasteiger partial charge in [0.2, 0.25) is 5.95 Å². The van der Waals surface area contributed by atoms with Crippen LogP contribution >= 0.6 is 11.3 Å². The first kappa shape index (κ1) is 25.5. The van der Waals surface area contributed by atoms with Gasteiger partial charge in [-0.05, 0) is 50.8 Å². The number of aromatic nitrogens is 3. The SMILES string of the molecule is CCNC(=O)Nc1nc2cc(-c3cnc(N4CCC(CC)(C(=O)OCC)CC4)nc3)cc(C=O)c2s1. The molecule has 4 rings (SSSR count). The van der Waals surface area contributed by atoms with E-state index in [1.54, 1.807) is 18.5 Å². The van der Waals surface area contributed by atoms with Gasteiger partial charge in [-0.1, -0.05) is 18.3 Å². The third-order valence-corrected chi connectivity index (χ3v) is 7.60. The Morgan fingerprint density at radius 3 is 2.47 bits per heavy atom. The lowest BCUT2D eigenvalue weighted by Crippen LogP contribution is -2.45. The Morgan fingerprint density at radius 1 is 1.14 bits per heavy atom. The van der Waals surface area contributed by atoms with Crippen LogP contribution in [0.3, 0.4) is 0 Å². The number of ether oxygens (including phenoxy) is 1. The van der Waals surface area contributed by atoms with E-state index in [-0.39, 0.29) is 12.0 Å². The zero-order valence-electron chi connectivity index (χ0n) is 20.7. The van der Waals surface area contributed by atoms with Crippen molar-refractivity contribution in [1.29, 1.82) is 0 Å². The minimum absolute atomic E-state index is 0.115. The van der Waals surface area contributed by atoms with Gasteiger partial charge in [0.1, 0.15) is 0 Å². The third kappa shape index (κ3) is 5.15. The Balaban J connectivity index is 1.51. The summed E-state index contributed by atoms with van der Waals surface area (Å²) in [6.07, 6.45) is 6.38. The Kier molecular flexibility index (Phi) is 7.78. The summed E-state index contributed by atoms with van der Waals surface area (Å²) in [5, 5.41) is 5.77. The van der Waals surface area contributed by atoms with Crippen molar-refractivity contribution in [3.63, 3.8) is 0 Å². The van der Waals surface area contributed by atoms with Gasteiger partial charge in [-0.3, -0.25) is 14.9 Å². The maximum Gasteiger partial charge on any atom is 0.321 e. The van der Waals surface area contributed by atoms with Crippen LogP contribution in [-0.4, -0.2) is 59.5 Å². The van der Waals surface area contributed by atoms with Crippen LogP contribution in [0, 0.1) is 5.41 Å². The second-order valence-corrected chi connectivity index (χ2v) is 9.65. The molecule has 1 aliphatic rings. The van der Waals surface area contributed by atoms with Crippen LogP contribution in [0.1, 0.15) is 50.4 Å². The number of nitrogens with one attached hydrogen (secondary N) is 2. The quantitative estimate of drug-likeness (QED) is 0.340. The number of hydrogen-bond acceptors (Lipinski definition) is 9. The Bertz CT molecular complexity index is 1250. The zero-order valence-corrected chi connectivity index (χ0v) is 21.5. The van der Waals surface area contributed by atoms with E-state index in [1.807, 2.05) is 26.8 Å². The van der Waals surface area contributed by atoms with E-state index < -0.39 is 5.41 Å². The number of rotatable bonds is 8. The molecule has 0 atom stereocenters. The Labute approximate surface area is 213 Å². The van der Waals surface area contributed by atoms with Crippen molar-refractivity contribution in [3.05, 3.63) is 30.1 Å². The van der Waals surface area contributed by atoms with E-state index in [4.69, 9.17) is 4.74 Å². The average Bonchev–Trinajstić information content (AvgIpc) is 3.30. The fourth-order valence-corrected chi connectivity index (χ4v) is 5.34. The van der Waals surface area contributed by atoms with Crippen LogP contribution in [-0.2, 0) is 9.53 Å². The first-order valence-corrected chi connectivity index (χ1v) is 12.9. The largest absolute Gasteiger partial charge is 0.466 e. The lowest BCUT2D eigenvalue weighted by atomic mass is 9.76. The van der Waals surface area contributed by atoms with Crippen LogP contribution in [0.4, 0.5) is 15.9 Å². The third-order valence-electron chi connectivity index (χ3n) is 6.56. The second-order valence-electron chi connectivity index (χ2n) is 8.65. The first-order valence-electron chi connectivity index (χ1n) is 12.1. The molecule has 1 aromatic carbocycles. The Hall–Kier alpha value is -3.60. The van der Waals surface area contributed by atoms with Gasteiger partial charge in [0, 0.05) is 43.2 Å². The van der Waals surface area contributed by atoms with Gasteiger partial charge in [-0.25, -0.2) is 19.7 Å². The molecular formula is C25H30N6O4S. The summed E-state index contributed by atoms with van der Waals surface area (Å²) in [7, 11) is 0. The molecule has 36 heavy (non-hydrogen) atoms. The zero-order chi connectivity index (χ0) is 25.7. The van der Waals surface area contributed by atoms with Crippen molar-refractivity contribution < 1.29 is 19.1 Å². The number of carbonyl (C=O) groups excluding carboxylic acids is 3. The molecule has 3 heterocycles. The predicted octanol–water partition coefficient (Wildman–Crippen LogP) is 4.27. The molecule has 190 valence electrons. The van der Waals surface area contributed by atoms with Crippen molar-refractivity contribution in [1.82, 2.24) is 20.3 Å². The molecule has 1 saturated heterocycles. The second kappa shape index (κ2) is 11.0.